The first kappa shape index (κ1) is 20.2. The second-order valence-electron chi connectivity index (χ2n) is 6.64. The minimum Gasteiger partial charge on any atom is -0.493 e. The summed E-state index contributed by atoms with van der Waals surface area (Å²) in [4.78, 5) is 27.0. The van der Waals surface area contributed by atoms with Crippen molar-refractivity contribution in [2.45, 2.75) is 18.9 Å². The van der Waals surface area contributed by atoms with Crippen LogP contribution in [-0.2, 0) is 16.0 Å². The van der Waals surface area contributed by atoms with Crippen LogP contribution in [0.4, 0.5) is 0 Å². The summed E-state index contributed by atoms with van der Waals surface area (Å²) in [7, 11) is 4.44. The Morgan fingerprint density at radius 3 is 2.34 bits per heavy atom. The van der Waals surface area contributed by atoms with Gasteiger partial charge >= 0.3 is 5.97 Å². The van der Waals surface area contributed by atoms with Crippen LogP contribution in [0.25, 0.3) is 0 Å². The average Bonchev–Trinajstić information content (AvgIpc) is 2.77. The van der Waals surface area contributed by atoms with Gasteiger partial charge in [0, 0.05) is 12.1 Å². The third kappa shape index (κ3) is 4.02. The van der Waals surface area contributed by atoms with Gasteiger partial charge in [-0.15, -0.1) is 0 Å². The van der Waals surface area contributed by atoms with Crippen molar-refractivity contribution < 1.29 is 23.8 Å². The van der Waals surface area contributed by atoms with E-state index in [1.165, 1.54) is 7.11 Å². The fourth-order valence-corrected chi connectivity index (χ4v) is 3.59. The van der Waals surface area contributed by atoms with E-state index >= 15 is 0 Å². The molecule has 0 saturated heterocycles. The van der Waals surface area contributed by atoms with Crippen LogP contribution in [0.3, 0.4) is 0 Å². The van der Waals surface area contributed by atoms with E-state index in [0.717, 1.165) is 11.1 Å². The molecular weight excluding hydrogens is 372 g/mol. The van der Waals surface area contributed by atoms with Crippen molar-refractivity contribution in [3.05, 3.63) is 58.7 Å². The van der Waals surface area contributed by atoms with E-state index in [1.807, 2.05) is 18.2 Å². The fourth-order valence-electron chi connectivity index (χ4n) is 3.59. The van der Waals surface area contributed by atoms with Crippen molar-refractivity contribution in [1.29, 1.82) is 5.26 Å². The molecule has 1 aliphatic rings. The van der Waals surface area contributed by atoms with E-state index in [2.05, 4.69) is 0 Å². The standard InChI is InChI=1S/C22H22N2O5/c1-27-19-10-16-8-9-24(22(26)15-6-4-14(13-23)5-7-15)18(12-21(25)29-3)17(16)11-20(19)28-2/h4-7,10-11,18H,8-9,12H2,1-3H3/t18-/m0/s1. The molecule has 0 fully saturated rings. The highest BCUT2D eigenvalue weighted by Crippen LogP contribution is 2.40. The van der Waals surface area contributed by atoms with Crippen molar-refractivity contribution in [1.82, 2.24) is 4.90 Å². The molecule has 1 heterocycles. The number of hydrogen-bond donors (Lipinski definition) is 0. The van der Waals surface area contributed by atoms with Crippen LogP contribution in [0.15, 0.2) is 36.4 Å². The van der Waals surface area contributed by atoms with Crippen LogP contribution in [0.1, 0.15) is 39.5 Å². The molecule has 1 atom stereocenters. The number of amides is 1. The van der Waals surface area contributed by atoms with E-state index in [0.29, 0.717) is 35.6 Å². The lowest BCUT2D eigenvalue weighted by atomic mass is 9.89. The Bertz CT molecular complexity index is 962. The summed E-state index contributed by atoms with van der Waals surface area (Å²) in [5, 5.41) is 8.97. The minimum atomic E-state index is -0.492. The van der Waals surface area contributed by atoms with Gasteiger partial charge < -0.3 is 19.1 Å². The molecule has 0 aliphatic carbocycles. The molecule has 7 nitrogen and oxygen atoms in total. The van der Waals surface area contributed by atoms with Gasteiger partial charge in [0.2, 0.25) is 0 Å². The monoisotopic (exact) mass is 394 g/mol. The molecule has 1 amide bonds. The number of nitrogens with zero attached hydrogens (tertiary/aromatic N) is 2. The van der Waals surface area contributed by atoms with Crippen LogP contribution < -0.4 is 9.47 Å². The van der Waals surface area contributed by atoms with Crippen LogP contribution in [0.5, 0.6) is 11.5 Å². The molecule has 0 N–H and O–H groups in total. The van der Waals surface area contributed by atoms with Crippen LogP contribution in [0, 0.1) is 11.3 Å². The molecule has 3 rings (SSSR count). The van der Waals surface area contributed by atoms with Crippen molar-refractivity contribution >= 4 is 11.9 Å². The summed E-state index contributed by atoms with van der Waals surface area (Å²) in [5.41, 5.74) is 2.78. The van der Waals surface area contributed by atoms with Gasteiger partial charge in [0.1, 0.15) is 0 Å². The summed E-state index contributed by atoms with van der Waals surface area (Å²) in [6, 6.07) is 11.7. The largest absolute Gasteiger partial charge is 0.493 e. The van der Waals surface area contributed by atoms with Gasteiger partial charge in [0.25, 0.3) is 5.91 Å². The van der Waals surface area contributed by atoms with Crippen molar-refractivity contribution in [2.75, 3.05) is 27.9 Å². The molecule has 2 aromatic rings. The van der Waals surface area contributed by atoms with E-state index in [4.69, 9.17) is 19.5 Å². The predicted octanol–water partition coefficient (Wildman–Crippen LogP) is 2.88. The maximum Gasteiger partial charge on any atom is 0.307 e. The fraction of sp³-hybridized carbons (Fsp3) is 0.318. The lowest BCUT2D eigenvalue weighted by molar-refractivity contribution is -0.141. The van der Waals surface area contributed by atoms with E-state index in [-0.39, 0.29) is 12.3 Å². The van der Waals surface area contributed by atoms with Gasteiger partial charge in [-0.25, -0.2) is 0 Å². The summed E-state index contributed by atoms with van der Waals surface area (Å²) in [5.74, 6) is 0.530. The van der Waals surface area contributed by atoms with Gasteiger partial charge in [-0.1, -0.05) is 0 Å². The topological polar surface area (TPSA) is 88.9 Å². The molecule has 0 spiro atoms. The molecule has 1 aliphatic heterocycles. The second-order valence-corrected chi connectivity index (χ2v) is 6.64. The van der Waals surface area contributed by atoms with E-state index in [1.54, 1.807) is 43.4 Å². The Morgan fingerprint density at radius 1 is 1.10 bits per heavy atom. The first-order valence-electron chi connectivity index (χ1n) is 9.15. The number of carbonyl (C=O) groups excluding carboxylic acids is 2. The highest BCUT2D eigenvalue weighted by atomic mass is 16.5. The Morgan fingerprint density at radius 2 is 1.76 bits per heavy atom. The number of ether oxygens (including phenoxy) is 3. The minimum absolute atomic E-state index is 0.0288. The van der Waals surface area contributed by atoms with Crippen molar-refractivity contribution in [2.24, 2.45) is 0 Å². The molecular formula is C22H22N2O5. The van der Waals surface area contributed by atoms with Crippen LogP contribution in [0.2, 0.25) is 0 Å². The molecule has 2 aromatic carbocycles. The lowest BCUT2D eigenvalue weighted by Crippen LogP contribution is -2.41. The summed E-state index contributed by atoms with van der Waals surface area (Å²) >= 11 is 0. The molecule has 0 radical (unpaired) electrons. The SMILES string of the molecule is COC(=O)C[C@H]1c2cc(OC)c(OC)cc2CCN1C(=O)c1ccc(C#N)cc1. The number of hydrogen-bond acceptors (Lipinski definition) is 6. The van der Waals surface area contributed by atoms with Gasteiger partial charge in [-0.2, -0.15) is 5.26 Å². The van der Waals surface area contributed by atoms with E-state index in [9.17, 15) is 9.59 Å². The first-order chi connectivity index (χ1) is 14.0. The van der Waals surface area contributed by atoms with Crippen LogP contribution in [-0.4, -0.2) is 44.7 Å². The predicted molar refractivity (Wildman–Crippen MR) is 105 cm³/mol. The smallest absolute Gasteiger partial charge is 0.307 e. The zero-order chi connectivity index (χ0) is 21.0. The molecule has 0 unspecified atom stereocenters. The van der Waals surface area contributed by atoms with Gasteiger partial charge in [0.05, 0.1) is 45.4 Å². The zero-order valence-electron chi connectivity index (χ0n) is 16.6. The highest BCUT2D eigenvalue weighted by Gasteiger charge is 2.34. The number of rotatable bonds is 5. The molecule has 29 heavy (non-hydrogen) atoms. The Labute approximate surface area is 169 Å². The molecule has 0 bridgehead atoms. The summed E-state index contributed by atoms with van der Waals surface area (Å²) in [6.45, 7) is 0.447. The third-order valence-corrected chi connectivity index (χ3v) is 5.11. The molecule has 0 aromatic heterocycles. The van der Waals surface area contributed by atoms with Gasteiger partial charge in [-0.05, 0) is 53.9 Å². The number of nitriles is 1. The number of fused-ring (bicyclic) bond motifs is 1. The number of methoxy groups -OCH3 is 3. The number of benzene rings is 2. The normalized spacial score (nSPS) is 15.1. The van der Waals surface area contributed by atoms with Gasteiger partial charge in [0.15, 0.2) is 11.5 Å². The van der Waals surface area contributed by atoms with Crippen molar-refractivity contribution in [3.8, 4) is 17.6 Å². The number of carbonyl (C=O) groups is 2. The summed E-state index contributed by atoms with van der Waals surface area (Å²) in [6.07, 6.45) is 0.649. The molecule has 150 valence electrons. The highest BCUT2D eigenvalue weighted by molar-refractivity contribution is 5.95. The quantitative estimate of drug-likeness (QED) is 0.725. The maximum atomic E-state index is 13.2. The Kier molecular flexibility index (Phi) is 6.03. The molecule has 7 heteroatoms. The Hall–Kier alpha value is -3.53. The molecule has 0 saturated carbocycles. The summed E-state index contributed by atoms with van der Waals surface area (Å²) < 4.78 is 15.7. The average molecular weight is 394 g/mol. The number of esters is 1. The van der Waals surface area contributed by atoms with Crippen molar-refractivity contribution in [3.63, 3.8) is 0 Å². The Balaban J connectivity index is 2.02. The third-order valence-electron chi connectivity index (χ3n) is 5.11. The van der Waals surface area contributed by atoms with Crippen LogP contribution >= 0.6 is 0 Å². The maximum absolute atomic E-state index is 13.2. The van der Waals surface area contributed by atoms with Gasteiger partial charge in [-0.3, -0.25) is 9.59 Å². The second kappa shape index (κ2) is 8.65. The van der Waals surface area contributed by atoms with E-state index < -0.39 is 12.0 Å². The zero-order valence-corrected chi connectivity index (χ0v) is 16.6. The first-order valence-corrected chi connectivity index (χ1v) is 9.15. The lowest BCUT2D eigenvalue weighted by Gasteiger charge is -2.37.